The Morgan fingerprint density at radius 3 is 2.62 bits per heavy atom. The van der Waals surface area contributed by atoms with Crippen LogP contribution < -0.4 is 10.9 Å². The average Bonchev–Trinajstić information content (AvgIpc) is 3.08. The second-order valence-corrected chi connectivity index (χ2v) is 6.02. The third kappa shape index (κ3) is 4.33. The van der Waals surface area contributed by atoms with Crippen molar-refractivity contribution in [3.8, 4) is 0 Å². The molecule has 0 radical (unpaired) electrons. The molecule has 2 aromatic rings. The lowest BCUT2D eigenvalue weighted by molar-refractivity contribution is 0.0628. The van der Waals surface area contributed by atoms with E-state index in [0.717, 1.165) is 13.1 Å². The van der Waals surface area contributed by atoms with Gasteiger partial charge in [0.05, 0.1) is 0 Å². The fraction of sp³-hybridized carbons (Fsp3) is 0.438. The number of rotatable bonds is 5. The average molecular weight is 360 g/mol. The van der Waals surface area contributed by atoms with Crippen molar-refractivity contribution < 1.29 is 14.1 Å². The molecular weight excluding hydrogens is 340 g/mol. The molecule has 0 saturated carbocycles. The molecule has 26 heavy (non-hydrogen) atoms. The van der Waals surface area contributed by atoms with Crippen LogP contribution in [-0.2, 0) is 0 Å². The van der Waals surface area contributed by atoms with Crippen LogP contribution in [0.25, 0.3) is 0 Å². The molecule has 0 unspecified atom stereocenters. The number of amides is 2. The van der Waals surface area contributed by atoms with Crippen molar-refractivity contribution in [3.05, 3.63) is 45.7 Å². The number of carbonyl (C=O) groups excluding carboxylic acids is 2. The quantitative estimate of drug-likeness (QED) is 0.719. The SMILES string of the molecule is Cc1cc(C(=O)N2CCN(CCNC(=O)c3ccc(=O)[nH]n3)CC2)no1. The van der Waals surface area contributed by atoms with Crippen LogP contribution in [0.5, 0.6) is 0 Å². The van der Waals surface area contributed by atoms with Gasteiger partial charge in [0.2, 0.25) is 0 Å². The van der Waals surface area contributed by atoms with E-state index in [9.17, 15) is 14.4 Å². The first-order chi connectivity index (χ1) is 12.5. The summed E-state index contributed by atoms with van der Waals surface area (Å²) in [6, 6.07) is 4.27. The second-order valence-electron chi connectivity index (χ2n) is 6.02. The minimum Gasteiger partial charge on any atom is -0.361 e. The Hall–Kier alpha value is -3.01. The molecule has 1 aliphatic heterocycles. The summed E-state index contributed by atoms with van der Waals surface area (Å²) in [7, 11) is 0. The van der Waals surface area contributed by atoms with Gasteiger partial charge in [-0.05, 0) is 13.0 Å². The van der Waals surface area contributed by atoms with Gasteiger partial charge in [0, 0.05) is 51.4 Å². The Labute approximate surface area is 149 Å². The van der Waals surface area contributed by atoms with Crippen LogP contribution >= 0.6 is 0 Å². The number of aromatic amines is 1. The molecule has 0 atom stereocenters. The summed E-state index contributed by atoms with van der Waals surface area (Å²) >= 11 is 0. The molecule has 0 bridgehead atoms. The van der Waals surface area contributed by atoms with Gasteiger partial charge in [0.1, 0.15) is 11.5 Å². The number of hydrogen-bond donors (Lipinski definition) is 2. The van der Waals surface area contributed by atoms with Gasteiger partial charge < -0.3 is 14.7 Å². The molecule has 10 nitrogen and oxygen atoms in total. The highest BCUT2D eigenvalue weighted by Gasteiger charge is 2.24. The number of aromatic nitrogens is 3. The van der Waals surface area contributed by atoms with Crippen LogP contribution in [0.4, 0.5) is 0 Å². The Morgan fingerprint density at radius 2 is 2.00 bits per heavy atom. The lowest BCUT2D eigenvalue weighted by atomic mass is 10.2. The number of nitrogens with zero attached hydrogens (tertiary/aromatic N) is 4. The van der Waals surface area contributed by atoms with E-state index >= 15 is 0 Å². The maximum Gasteiger partial charge on any atom is 0.276 e. The minimum atomic E-state index is -0.352. The Kier molecular flexibility index (Phi) is 5.42. The van der Waals surface area contributed by atoms with Gasteiger partial charge in [0.15, 0.2) is 5.69 Å². The summed E-state index contributed by atoms with van der Waals surface area (Å²) in [5.41, 5.74) is 0.147. The zero-order chi connectivity index (χ0) is 18.5. The maximum atomic E-state index is 12.3. The largest absolute Gasteiger partial charge is 0.361 e. The monoisotopic (exact) mass is 360 g/mol. The van der Waals surface area contributed by atoms with Crippen molar-refractivity contribution in [1.29, 1.82) is 0 Å². The van der Waals surface area contributed by atoms with Crippen molar-refractivity contribution in [2.24, 2.45) is 0 Å². The molecule has 0 aliphatic carbocycles. The highest BCUT2D eigenvalue weighted by molar-refractivity contribution is 5.92. The van der Waals surface area contributed by atoms with Crippen LogP contribution in [-0.4, -0.2) is 76.2 Å². The first kappa shape index (κ1) is 17.8. The standard InChI is InChI=1S/C16H20N6O4/c1-11-10-13(20-26-11)16(25)22-8-6-21(7-9-22)5-4-17-15(24)12-2-3-14(23)19-18-12/h2-3,10H,4-9H2,1H3,(H,17,24)(H,19,23). The van der Waals surface area contributed by atoms with Gasteiger partial charge >= 0.3 is 0 Å². The van der Waals surface area contributed by atoms with Gasteiger partial charge in [-0.1, -0.05) is 5.16 Å². The van der Waals surface area contributed by atoms with Crippen molar-refractivity contribution >= 4 is 11.8 Å². The van der Waals surface area contributed by atoms with Crippen molar-refractivity contribution in [2.75, 3.05) is 39.3 Å². The normalized spacial score (nSPS) is 15.0. The third-order valence-electron chi connectivity index (χ3n) is 4.13. The summed E-state index contributed by atoms with van der Waals surface area (Å²) in [5, 5.41) is 12.4. The number of piperazine rings is 1. The van der Waals surface area contributed by atoms with Crippen LogP contribution in [0.3, 0.4) is 0 Å². The molecular formula is C16H20N6O4. The van der Waals surface area contributed by atoms with Crippen LogP contribution in [0, 0.1) is 6.92 Å². The van der Waals surface area contributed by atoms with Crippen molar-refractivity contribution in [2.45, 2.75) is 6.92 Å². The van der Waals surface area contributed by atoms with E-state index in [1.807, 2.05) is 0 Å². The first-order valence-corrected chi connectivity index (χ1v) is 8.32. The molecule has 1 saturated heterocycles. The number of hydrogen-bond acceptors (Lipinski definition) is 7. The lowest BCUT2D eigenvalue weighted by Gasteiger charge is -2.34. The summed E-state index contributed by atoms with van der Waals surface area (Å²) in [5.74, 6) is 0.148. The van der Waals surface area contributed by atoms with Crippen molar-refractivity contribution in [3.63, 3.8) is 0 Å². The lowest BCUT2D eigenvalue weighted by Crippen LogP contribution is -2.50. The van der Waals surface area contributed by atoms with Crippen LogP contribution in [0.2, 0.25) is 0 Å². The zero-order valence-corrected chi connectivity index (χ0v) is 14.4. The smallest absolute Gasteiger partial charge is 0.276 e. The molecule has 2 amide bonds. The minimum absolute atomic E-state index is 0.126. The molecule has 2 N–H and O–H groups in total. The molecule has 138 valence electrons. The number of aryl methyl sites for hydroxylation is 1. The summed E-state index contributed by atoms with van der Waals surface area (Å²) in [6.45, 7) is 5.50. The van der Waals surface area contributed by atoms with Gasteiger partial charge in [-0.2, -0.15) is 5.10 Å². The molecule has 10 heteroatoms. The Bertz CT molecular complexity index is 817. The fourth-order valence-corrected chi connectivity index (χ4v) is 2.69. The van der Waals surface area contributed by atoms with E-state index in [2.05, 4.69) is 25.6 Å². The van der Waals surface area contributed by atoms with Crippen LogP contribution in [0.15, 0.2) is 27.5 Å². The van der Waals surface area contributed by atoms with E-state index in [1.54, 1.807) is 17.9 Å². The third-order valence-corrected chi connectivity index (χ3v) is 4.13. The summed E-state index contributed by atoms with van der Waals surface area (Å²) < 4.78 is 4.94. The van der Waals surface area contributed by atoms with Crippen molar-refractivity contribution in [1.82, 2.24) is 30.5 Å². The van der Waals surface area contributed by atoms with E-state index in [0.29, 0.717) is 37.6 Å². The topological polar surface area (TPSA) is 124 Å². The molecule has 3 heterocycles. The first-order valence-electron chi connectivity index (χ1n) is 8.32. The molecule has 2 aromatic heterocycles. The van der Waals surface area contributed by atoms with Gasteiger partial charge in [-0.3, -0.25) is 19.3 Å². The molecule has 0 spiro atoms. The number of H-pyrrole nitrogens is 1. The number of nitrogens with one attached hydrogen (secondary N) is 2. The van der Waals surface area contributed by atoms with Gasteiger partial charge in [-0.25, -0.2) is 5.10 Å². The highest BCUT2D eigenvalue weighted by Crippen LogP contribution is 2.09. The Balaban J connectivity index is 1.40. The number of carbonyl (C=O) groups is 2. The maximum absolute atomic E-state index is 12.3. The second kappa shape index (κ2) is 7.91. The van der Waals surface area contributed by atoms with E-state index in [4.69, 9.17) is 4.52 Å². The molecule has 0 aromatic carbocycles. The predicted octanol–water partition coefficient (Wildman–Crippen LogP) is -0.746. The van der Waals surface area contributed by atoms with Gasteiger partial charge in [0.25, 0.3) is 17.4 Å². The van der Waals surface area contributed by atoms with E-state index < -0.39 is 0 Å². The molecule has 3 rings (SSSR count). The molecule has 1 fully saturated rings. The predicted molar refractivity (Wildman–Crippen MR) is 90.8 cm³/mol. The van der Waals surface area contributed by atoms with E-state index in [-0.39, 0.29) is 23.1 Å². The highest BCUT2D eigenvalue weighted by atomic mass is 16.5. The van der Waals surface area contributed by atoms with E-state index in [1.165, 1.54) is 12.1 Å². The summed E-state index contributed by atoms with van der Waals surface area (Å²) in [4.78, 5) is 39.1. The van der Waals surface area contributed by atoms with Crippen LogP contribution in [0.1, 0.15) is 26.7 Å². The Morgan fingerprint density at radius 1 is 1.23 bits per heavy atom. The summed E-state index contributed by atoms with van der Waals surface area (Å²) in [6.07, 6.45) is 0. The zero-order valence-electron chi connectivity index (χ0n) is 14.4. The fourth-order valence-electron chi connectivity index (χ4n) is 2.69. The molecule has 1 aliphatic rings. The van der Waals surface area contributed by atoms with Gasteiger partial charge in [-0.15, -0.1) is 0 Å².